The van der Waals surface area contributed by atoms with Crippen LogP contribution < -0.4 is 15.0 Å². The molecule has 1 N–H and O–H groups in total. The van der Waals surface area contributed by atoms with E-state index in [0.29, 0.717) is 29.4 Å². The number of pyridine rings is 1. The number of carbonyl (C=O) groups excluding carboxylic acids is 1. The van der Waals surface area contributed by atoms with Crippen molar-refractivity contribution in [2.24, 2.45) is 0 Å². The molecule has 6 heterocycles. The normalized spacial score (nSPS) is 22.3. The van der Waals surface area contributed by atoms with Crippen LogP contribution in [0, 0.1) is 5.82 Å². The number of aromatic nitrogens is 4. The third-order valence-corrected chi connectivity index (χ3v) is 5.10. The van der Waals surface area contributed by atoms with Crippen LogP contribution in [0.15, 0.2) is 36.9 Å². The van der Waals surface area contributed by atoms with Crippen LogP contribution in [0.2, 0.25) is 0 Å². The Balaban J connectivity index is 1.78. The van der Waals surface area contributed by atoms with Crippen molar-refractivity contribution in [2.75, 3.05) is 24.6 Å². The summed E-state index contributed by atoms with van der Waals surface area (Å²) in [5, 5.41) is 7.29. The third-order valence-electron chi connectivity index (χ3n) is 5.10. The van der Waals surface area contributed by atoms with Gasteiger partial charge in [0.15, 0.2) is 0 Å². The van der Waals surface area contributed by atoms with Crippen molar-refractivity contribution in [3.05, 3.63) is 53.9 Å². The van der Waals surface area contributed by atoms with Crippen LogP contribution in [0.4, 0.5) is 10.2 Å². The zero-order chi connectivity index (χ0) is 18.4. The van der Waals surface area contributed by atoms with Crippen LogP contribution in [0.1, 0.15) is 34.4 Å². The summed E-state index contributed by atoms with van der Waals surface area (Å²) in [7, 11) is 0. The first-order valence-electron chi connectivity index (χ1n) is 8.82. The van der Waals surface area contributed by atoms with Crippen molar-refractivity contribution in [3.8, 4) is 5.88 Å². The summed E-state index contributed by atoms with van der Waals surface area (Å²) < 4.78 is 21.7. The molecule has 0 radical (unpaired) electrons. The first-order valence-corrected chi connectivity index (χ1v) is 8.82. The van der Waals surface area contributed by atoms with Gasteiger partial charge in [-0.25, -0.2) is 14.4 Å². The van der Waals surface area contributed by atoms with E-state index in [1.807, 2.05) is 16.9 Å². The summed E-state index contributed by atoms with van der Waals surface area (Å²) in [6.07, 6.45) is 6.82. The number of ether oxygens (including phenoxy) is 1. The van der Waals surface area contributed by atoms with Gasteiger partial charge in [-0.2, -0.15) is 5.10 Å². The van der Waals surface area contributed by atoms with Crippen LogP contribution in [0.25, 0.3) is 0 Å². The molecule has 0 aromatic carbocycles. The van der Waals surface area contributed by atoms with E-state index in [1.165, 1.54) is 18.5 Å². The van der Waals surface area contributed by atoms with Crippen molar-refractivity contribution >= 4 is 11.7 Å². The van der Waals surface area contributed by atoms with Crippen molar-refractivity contribution < 1.29 is 13.9 Å². The number of amides is 1. The highest BCUT2D eigenvalue weighted by atomic mass is 19.1. The Morgan fingerprint density at radius 3 is 3.11 bits per heavy atom. The SMILES string of the molecule is O=C1NCCOc2ncc(F)cc2[C@@H]2C3CCN2c2ccn3ncc1cn2. The minimum atomic E-state index is -0.421. The Kier molecular flexibility index (Phi) is 3.66. The fourth-order valence-electron chi connectivity index (χ4n) is 3.88. The average molecular weight is 368 g/mol. The Morgan fingerprint density at radius 1 is 1.26 bits per heavy atom. The smallest absolute Gasteiger partial charge is 0.254 e. The minimum Gasteiger partial charge on any atom is -0.476 e. The lowest BCUT2D eigenvalue weighted by molar-refractivity contribution is 0.0946. The van der Waals surface area contributed by atoms with E-state index in [1.54, 1.807) is 0 Å². The second-order valence-electron chi connectivity index (χ2n) is 6.66. The van der Waals surface area contributed by atoms with Crippen molar-refractivity contribution in [1.82, 2.24) is 25.1 Å². The Labute approximate surface area is 154 Å². The molecule has 6 bridgehead atoms. The van der Waals surface area contributed by atoms with E-state index in [-0.39, 0.29) is 24.6 Å². The highest BCUT2D eigenvalue weighted by Gasteiger charge is 2.41. The highest BCUT2D eigenvalue weighted by Crippen LogP contribution is 2.45. The predicted molar refractivity (Wildman–Crippen MR) is 93.4 cm³/mol. The molecular weight excluding hydrogens is 351 g/mol. The molecule has 2 aromatic heterocycles. The topological polar surface area (TPSA) is 85.2 Å². The van der Waals surface area contributed by atoms with Gasteiger partial charge in [0.2, 0.25) is 5.88 Å². The quantitative estimate of drug-likeness (QED) is 0.760. The number of halogens is 1. The third kappa shape index (κ3) is 2.66. The number of fused-ring (bicyclic) bond motifs is 7. The van der Waals surface area contributed by atoms with Crippen LogP contribution in [0.3, 0.4) is 0 Å². The molecule has 0 saturated carbocycles. The minimum absolute atomic E-state index is 0.0562. The fraction of sp³-hybridized carbons (Fsp3) is 0.333. The van der Waals surface area contributed by atoms with Gasteiger partial charge in [-0.15, -0.1) is 0 Å². The van der Waals surface area contributed by atoms with E-state index >= 15 is 0 Å². The molecule has 1 fully saturated rings. The summed E-state index contributed by atoms with van der Waals surface area (Å²) in [4.78, 5) is 23.2. The van der Waals surface area contributed by atoms with E-state index in [4.69, 9.17) is 4.74 Å². The molecule has 0 spiro atoms. The van der Waals surface area contributed by atoms with Crippen LogP contribution in [0.5, 0.6) is 5.88 Å². The first-order chi connectivity index (χ1) is 13.2. The van der Waals surface area contributed by atoms with Gasteiger partial charge in [-0.05, 0) is 18.6 Å². The molecule has 9 heteroatoms. The second-order valence-corrected chi connectivity index (χ2v) is 6.66. The van der Waals surface area contributed by atoms with E-state index in [0.717, 1.165) is 19.2 Å². The van der Waals surface area contributed by atoms with Gasteiger partial charge in [-0.3, -0.25) is 9.48 Å². The van der Waals surface area contributed by atoms with Crippen molar-refractivity contribution in [3.63, 3.8) is 0 Å². The lowest BCUT2D eigenvalue weighted by Crippen LogP contribution is -2.28. The zero-order valence-corrected chi connectivity index (χ0v) is 14.4. The molecule has 1 saturated heterocycles. The molecule has 2 atom stereocenters. The molecule has 27 heavy (non-hydrogen) atoms. The number of carbonyl (C=O) groups is 1. The molecular formula is C18H17FN6O2. The molecule has 0 aliphatic carbocycles. The van der Waals surface area contributed by atoms with Crippen LogP contribution in [-0.4, -0.2) is 45.4 Å². The zero-order valence-electron chi connectivity index (χ0n) is 14.4. The maximum absolute atomic E-state index is 14.1. The molecule has 6 rings (SSSR count). The van der Waals surface area contributed by atoms with Gasteiger partial charge >= 0.3 is 0 Å². The molecule has 1 unspecified atom stereocenters. The van der Waals surface area contributed by atoms with Gasteiger partial charge in [0.1, 0.15) is 18.2 Å². The molecule has 4 aliphatic heterocycles. The maximum atomic E-state index is 14.1. The van der Waals surface area contributed by atoms with Gasteiger partial charge in [-0.1, -0.05) is 0 Å². The van der Waals surface area contributed by atoms with Crippen molar-refractivity contribution in [2.45, 2.75) is 18.5 Å². The number of nitrogens with one attached hydrogen (secondary N) is 1. The summed E-state index contributed by atoms with van der Waals surface area (Å²) in [5.41, 5.74) is 1.02. The Hall–Kier alpha value is -3.23. The number of anilines is 1. The Bertz CT molecular complexity index is 936. The number of hydrogen-bond acceptors (Lipinski definition) is 6. The molecule has 138 valence electrons. The highest BCUT2D eigenvalue weighted by molar-refractivity contribution is 5.93. The lowest BCUT2D eigenvalue weighted by atomic mass is 10.0. The summed E-state index contributed by atoms with van der Waals surface area (Å²) in [6.45, 7) is 1.25. The van der Waals surface area contributed by atoms with Crippen molar-refractivity contribution in [1.29, 1.82) is 0 Å². The summed E-state index contributed by atoms with van der Waals surface area (Å²) >= 11 is 0. The molecule has 1 amide bonds. The number of hydrogen-bond donors (Lipinski definition) is 1. The standard InChI is InChI=1S/C18H17FN6O2/c19-12-7-13-16-14-1-4-24(16)15-2-5-25(14)23-9-11(8-21-15)17(26)20-3-6-27-18(13)22-10-12/h2,5,7-10,14,16H,1,3-4,6H2,(H,20,26)/t14?,16-/m1/s1. The number of nitrogens with zero attached hydrogens (tertiary/aromatic N) is 5. The fourth-order valence-corrected chi connectivity index (χ4v) is 3.88. The van der Waals surface area contributed by atoms with Gasteiger partial charge in [0.05, 0.1) is 36.6 Å². The Morgan fingerprint density at radius 2 is 2.19 bits per heavy atom. The largest absolute Gasteiger partial charge is 0.476 e. The van der Waals surface area contributed by atoms with E-state index in [2.05, 4.69) is 25.3 Å². The monoisotopic (exact) mass is 368 g/mol. The van der Waals surface area contributed by atoms with Gasteiger partial charge in [0.25, 0.3) is 5.91 Å². The predicted octanol–water partition coefficient (Wildman–Crippen LogP) is 1.56. The molecule has 2 aromatic rings. The summed E-state index contributed by atoms with van der Waals surface area (Å²) in [6, 6.07) is 3.05. The van der Waals surface area contributed by atoms with Gasteiger partial charge in [0, 0.05) is 24.5 Å². The van der Waals surface area contributed by atoms with E-state index in [9.17, 15) is 9.18 Å². The van der Waals surface area contributed by atoms with Crippen LogP contribution in [-0.2, 0) is 0 Å². The van der Waals surface area contributed by atoms with Gasteiger partial charge < -0.3 is 15.0 Å². The molecule has 4 aliphatic rings. The maximum Gasteiger partial charge on any atom is 0.254 e. The second kappa shape index (κ2) is 6.19. The van der Waals surface area contributed by atoms with E-state index < -0.39 is 5.82 Å². The first kappa shape index (κ1) is 16.0. The average Bonchev–Trinajstić information content (AvgIpc) is 3.05. The number of rotatable bonds is 0. The summed E-state index contributed by atoms with van der Waals surface area (Å²) in [5.74, 6) is 0.355. The van der Waals surface area contributed by atoms with Crippen LogP contribution >= 0.6 is 0 Å². The molecule has 8 nitrogen and oxygen atoms in total. The lowest BCUT2D eigenvalue weighted by Gasteiger charge is -2.29.